The lowest BCUT2D eigenvalue weighted by Gasteiger charge is -2.17. The lowest BCUT2D eigenvalue weighted by Crippen LogP contribution is -2.34. The van der Waals surface area contributed by atoms with Crippen LogP contribution in [0, 0.1) is 0 Å². The van der Waals surface area contributed by atoms with Crippen molar-refractivity contribution < 1.29 is 13.9 Å². The van der Waals surface area contributed by atoms with Gasteiger partial charge in [0.2, 0.25) is 0 Å². The van der Waals surface area contributed by atoms with Gasteiger partial charge in [-0.15, -0.1) is 10.2 Å². The number of aromatic nitrogens is 3. The highest BCUT2D eigenvalue weighted by Gasteiger charge is 2.20. The Balaban J connectivity index is 1.45. The van der Waals surface area contributed by atoms with Crippen LogP contribution in [0.4, 0.5) is 0 Å². The summed E-state index contributed by atoms with van der Waals surface area (Å²) in [4.78, 5) is 24.0. The number of benzene rings is 1. The minimum atomic E-state index is -0.436. The van der Waals surface area contributed by atoms with Gasteiger partial charge in [0.05, 0.1) is 6.04 Å². The number of hydrogen-bond donors (Lipinski definition) is 1. The van der Waals surface area contributed by atoms with Gasteiger partial charge in [0.1, 0.15) is 11.3 Å². The lowest BCUT2D eigenvalue weighted by atomic mass is 10.2. The van der Waals surface area contributed by atoms with E-state index in [1.807, 2.05) is 35.1 Å². The predicted octanol–water partition coefficient (Wildman–Crippen LogP) is 2.83. The van der Waals surface area contributed by atoms with Crippen molar-refractivity contribution in [1.29, 1.82) is 0 Å². The summed E-state index contributed by atoms with van der Waals surface area (Å²) in [5, 5.41) is 12.2. The number of hydrogen-bond acceptors (Lipinski definition) is 7. The van der Waals surface area contributed by atoms with Crippen molar-refractivity contribution in [2.24, 2.45) is 0 Å². The first-order valence-corrected chi connectivity index (χ1v) is 10.8. The van der Waals surface area contributed by atoms with E-state index in [-0.39, 0.29) is 18.6 Å². The molecule has 3 heterocycles. The summed E-state index contributed by atoms with van der Waals surface area (Å²) in [6, 6.07) is 13.5. The molecule has 9 heteroatoms. The average molecular weight is 424 g/mol. The monoisotopic (exact) mass is 424 g/mol. The summed E-state index contributed by atoms with van der Waals surface area (Å²) in [6.07, 6.45) is 4.61. The molecule has 0 radical (unpaired) electrons. The minimum absolute atomic E-state index is 0.172. The van der Waals surface area contributed by atoms with E-state index in [2.05, 4.69) is 15.5 Å². The SMILES string of the molecule is CSCCC(NC(=O)COc1ccc2ccc(=O)oc2c1)c1nnc2ccccn12. The van der Waals surface area contributed by atoms with Crippen LogP contribution in [-0.2, 0) is 4.79 Å². The highest BCUT2D eigenvalue weighted by atomic mass is 32.2. The summed E-state index contributed by atoms with van der Waals surface area (Å²) in [5.41, 5.74) is 0.701. The number of carbonyl (C=O) groups excluding carboxylic acids is 1. The van der Waals surface area contributed by atoms with Crippen LogP contribution in [-0.4, -0.2) is 39.1 Å². The highest BCUT2D eigenvalue weighted by Crippen LogP contribution is 2.20. The predicted molar refractivity (Wildman–Crippen MR) is 115 cm³/mol. The number of pyridine rings is 1. The van der Waals surface area contributed by atoms with Gasteiger partial charge >= 0.3 is 5.63 Å². The van der Waals surface area contributed by atoms with E-state index < -0.39 is 5.63 Å². The topological polar surface area (TPSA) is 98.7 Å². The number of fused-ring (bicyclic) bond motifs is 2. The second-order valence-electron chi connectivity index (χ2n) is 6.63. The van der Waals surface area contributed by atoms with Gasteiger partial charge in [-0.1, -0.05) is 6.07 Å². The Hall–Kier alpha value is -3.33. The summed E-state index contributed by atoms with van der Waals surface area (Å²) >= 11 is 1.70. The van der Waals surface area contributed by atoms with Crippen LogP contribution < -0.4 is 15.7 Å². The molecule has 0 aliphatic rings. The molecule has 1 amide bonds. The van der Waals surface area contributed by atoms with E-state index in [1.54, 1.807) is 36.0 Å². The van der Waals surface area contributed by atoms with Crippen LogP contribution in [0.1, 0.15) is 18.3 Å². The average Bonchev–Trinajstić information content (AvgIpc) is 3.19. The van der Waals surface area contributed by atoms with Crippen LogP contribution in [0.5, 0.6) is 5.75 Å². The van der Waals surface area contributed by atoms with E-state index in [4.69, 9.17) is 9.15 Å². The Morgan fingerprint density at radius 2 is 2.10 bits per heavy atom. The van der Waals surface area contributed by atoms with Crippen molar-refractivity contribution in [3.05, 3.63) is 71.0 Å². The summed E-state index contributed by atoms with van der Waals surface area (Å²) in [6.45, 7) is -0.172. The maximum Gasteiger partial charge on any atom is 0.336 e. The number of nitrogens with one attached hydrogen (secondary N) is 1. The van der Waals surface area contributed by atoms with Crippen LogP contribution in [0.2, 0.25) is 0 Å². The number of rotatable bonds is 8. The molecule has 0 aliphatic heterocycles. The Kier molecular flexibility index (Phi) is 5.99. The van der Waals surface area contributed by atoms with E-state index in [9.17, 15) is 9.59 Å². The summed E-state index contributed by atoms with van der Waals surface area (Å²) in [7, 11) is 0. The maximum absolute atomic E-state index is 12.6. The molecule has 1 atom stereocenters. The molecular formula is C21H20N4O4S. The molecule has 0 saturated carbocycles. The Morgan fingerprint density at radius 3 is 2.97 bits per heavy atom. The van der Waals surface area contributed by atoms with Gasteiger partial charge in [-0.2, -0.15) is 11.8 Å². The summed E-state index contributed by atoms with van der Waals surface area (Å²) < 4.78 is 12.6. The molecule has 0 bridgehead atoms. The van der Waals surface area contributed by atoms with Crippen molar-refractivity contribution in [3.63, 3.8) is 0 Å². The number of ether oxygens (including phenoxy) is 1. The van der Waals surface area contributed by atoms with Crippen molar-refractivity contribution in [3.8, 4) is 5.75 Å². The van der Waals surface area contributed by atoms with Gasteiger partial charge in [-0.25, -0.2) is 4.79 Å². The Bertz CT molecular complexity index is 1240. The zero-order valence-corrected chi connectivity index (χ0v) is 17.1. The van der Waals surface area contributed by atoms with E-state index in [0.29, 0.717) is 23.6 Å². The third-order valence-electron chi connectivity index (χ3n) is 4.56. The first-order chi connectivity index (χ1) is 14.6. The molecule has 30 heavy (non-hydrogen) atoms. The Morgan fingerprint density at radius 1 is 1.23 bits per heavy atom. The van der Waals surface area contributed by atoms with Gasteiger partial charge in [0.25, 0.3) is 5.91 Å². The molecule has 154 valence electrons. The van der Waals surface area contributed by atoms with Gasteiger partial charge in [-0.05, 0) is 48.8 Å². The van der Waals surface area contributed by atoms with E-state index in [1.165, 1.54) is 6.07 Å². The summed E-state index contributed by atoms with van der Waals surface area (Å²) in [5.74, 6) is 1.71. The second kappa shape index (κ2) is 9.00. The lowest BCUT2D eigenvalue weighted by molar-refractivity contribution is -0.123. The smallest absolute Gasteiger partial charge is 0.336 e. The zero-order chi connectivity index (χ0) is 20.9. The van der Waals surface area contributed by atoms with E-state index >= 15 is 0 Å². The molecule has 8 nitrogen and oxygen atoms in total. The van der Waals surface area contributed by atoms with Crippen LogP contribution in [0.3, 0.4) is 0 Å². The molecule has 1 N–H and O–H groups in total. The molecule has 4 aromatic rings. The van der Waals surface area contributed by atoms with Crippen LogP contribution in [0.15, 0.2) is 63.9 Å². The fraction of sp³-hybridized carbons (Fsp3) is 0.238. The fourth-order valence-corrected chi connectivity index (χ4v) is 3.59. The Labute approximate surface area is 176 Å². The molecule has 4 rings (SSSR count). The molecule has 0 saturated heterocycles. The van der Waals surface area contributed by atoms with Crippen molar-refractivity contribution >= 4 is 34.3 Å². The zero-order valence-electron chi connectivity index (χ0n) is 16.3. The van der Waals surface area contributed by atoms with Gasteiger partial charge < -0.3 is 14.5 Å². The van der Waals surface area contributed by atoms with Gasteiger partial charge in [0.15, 0.2) is 18.1 Å². The normalized spacial score (nSPS) is 12.2. The first-order valence-electron chi connectivity index (χ1n) is 9.39. The van der Waals surface area contributed by atoms with Crippen molar-refractivity contribution in [1.82, 2.24) is 19.9 Å². The van der Waals surface area contributed by atoms with Crippen LogP contribution in [0.25, 0.3) is 16.6 Å². The number of carbonyl (C=O) groups is 1. The van der Waals surface area contributed by atoms with Gasteiger partial charge in [0, 0.05) is 23.7 Å². The molecule has 1 aromatic carbocycles. The molecular weight excluding hydrogens is 404 g/mol. The van der Waals surface area contributed by atoms with Crippen molar-refractivity contribution in [2.75, 3.05) is 18.6 Å². The maximum atomic E-state index is 12.6. The largest absolute Gasteiger partial charge is 0.484 e. The number of nitrogens with zero attached hydrogens (tertiary/aromatic N) is 3. The fourth-order valence-electron chi connectivity index (χ4n) is 3.11. The third kappa shape index (κ3) is 4.46. The van der Waals surface area contributed by atoms with Crippen molar-refractivity contribution in [2.45, 2.75) is 12.5 Å². The standard InChI is InChI=1S/C21H20N4O4S/c1-30-11-9-16(21-24-23-18-4-2-3-10-25(18)21)22-19(26)13-28-15-7-5-14-6-8-20(27)29-17(14)12-15/h2-8,10,12,16H,9,11,13H2,1H3,(H,22,26). The quantitative estimate of drug-likeness (QED) is 0.434. The first kappa shape index (κ1) is 20.0. The van der Waals surface area contributed by atoms with Crippen LogP contribution >= 0.6 is 11.8 Å². The minimum Gasteiger partial charge on any atom is -0.484 e. The molecule has 0 fully saturated rings. The second-order valence-corrected chi connectivity index (χ2v) is 7.62. The molecule has 0 aliphatic carbocycles. The van der Waals surface area contributed by atoms with E-state index in [0.717, 1.165) is 16.8 Å². The highest BCUT2D eigenvalue weighted by molar-refractivity contribution is 7.98. The molecule has 0 spiro atoms. The molecule has 1 unspecified atom stereocenters. The number of amides is 1. The van der Waals surface area contributed by atoms with Gasteiger partial charge in [-0.3, -0.25) is 9.20 Å². The third-order valence-corrected chi connectivity index (χ3v) is 5.21. The molecule has 3 aromatic heterocycles. The number of thioether (sulfide) groups is 1.